The number of aryl methyl sites for hydroxylation is 1. The van der Waals surface area contributed by atoms with Crippen molar-refractivity contribution in [1.29, 1.82) is 0 Å². The number of benzene rings is 2. The molecule has 1 amide bonds. The van der Waals surface area contributed by atoms with Gasteiger partial charge >= 0.3 is 0 Å². The van der Waals surface area contributed by atoms with Crippen LogP contribution in [0.2, 0.25) is 0 Å². The quantitative estimate of drug-likeness (QED) is 0.650. The molecule has 0 saturated carbocycles. The smallest absolute Gasteiger partial charge is 0.232 e. The average molecular weight is 377 g/mol. The molecule has 1 saturated heterocycles. The summed E-state index contributed by atoms with van der Waals surface area (Å²) >= 11 is 0. The first kappa shape index (κ1) is 18.2. The van der Waals surface area contributed by atoms with E-state index in [2.05, 4.69) is 10.1 Å². The van der Waals surface area contributed by atoms with Crippen molar-refractivity contribution in [3.05, 3.63) is 65.5 Å². The summed E-state index contributed by atoms with van der Waals surface area (Å²) in [6, 6.07) is 15.8. The van der Waals surface area contributed by atoms with Crippen LogP contribution in [-0.4, -0.2) is 34.1 Å². The van der Waals surface area contributed by atoms with Gasteiger partial charge in [0.2, 0.25) is 17.6 Å². The van der Waals surface area contributed by atoms with Crippen LogP contribution in [0.4, 0.5) is 0 Å². The Hall–Kier alpha value is -3.15. The van der Waals surface area contributed by atoms with Crippen molar-refractivity contribution in [3.8, 4) is 17.1 Å². The van der Waals surface area contributed by atoms with Gasteiger partial charge in [0.1, 0.15) is 5.75 Å². The number of amides is 1. The van der Waals surface area contributed by atoms with Crippen LogP contribution in [0, 0.1) is 6.92 Å². The van der Waals surface area contributed by atoms with E-state index in [1.807, 2.05) is 67.3 Å². The van der Waals surface area contributed by atoms with Crippen molar-refractivity contribution in [3.63, 3.8) is 0 Å². The average Bonchev–Trinajstić information content (AvgIpc) is 3.32. The molecule has 1 aliphatic heterocycles. The lowest BCUT2D eigenvalue weighted by atomic mass is 10.1. The molecule has 0 aliphatic carbocycles. The van der Waals surface area contributed by atoms with Gasteiger partial charge in [-0.3, -0.25) is 4.79 Å². The van der Waals surface area contributed by atoms with Gasteiger partial charge in [0.25, 0.3) is 0 Å². The zero-order valence-electron chi connectivity index (χ0n) is 16.1. The predicted molar refractivity (Wildman–Crippen MR) is 105 cm³/mol. The maximum Gasteiger partial charge on any atom is 0.232 e. The van der Waals surface area contributed by atoms with Crippen LogP contribution >= 0.6 is 0 Å². The zero-order chi connectivity index (χ0) is 19.5. The molecule has 144 valence electrons. The number of aromatic nitrogens is 2. The number of likely N-dealkylation sites (tertiary alicyclic amines) is 1. The maximum absolute atomic E-state index is 12.5. The number of para-hydroxylation sites is 1. The molecule has 1 fully saturated rings. The summed E-state index contributed by atoms with van der Waals surface area (Å²) in [6.45, 7) is 5.67. The standard InChI is InChI=1S/C22H23N3O3/c1-3-27-19-7-5-4-6-17(19)13-25-14-18(12-20(25)26)22-23-21(24-28-22)16-10-8-15(2)9-11-16/h4-11,18H,3,12-14H2,1-2H3. The number of carbonyl (C=O) groups is 1. The number of hydrogen-bond donors (Lipinski definition) is 0. The van der Waals surface area contributed by atoms with E-state index in [0.29, 0.717) is 37.8 Å². The number of rotatable bonds is 6. The summed E-state index contributed by atoms with van der Waals surface area (Å²) in [7, 11) is 0. The highest BCUT2D eigenvalue weighted by Gasteiger charge is 2.34. The molecule has 0 spiro atoms. The van der Waals surface area contributed by atoms with Crippen molar-refractivity contribution in [2.24, 2.45) is 0 Å². The number of nitrogens with zero attached hydrogens (tertiary/aromatic N) is 3. The minimum Gasteiger partial charge on any atom is -0.494 e. The van der Waals surface area contributed by atoms with E-state index in [0.717, 1.165) is 16.9 Å². The van der Waals surface area contributed by atoms with E-state index < -0.39 is 0 Å². The Morgan fingerprint density at radius 2 is 1.96 bits per heavy atom. The van der Waals surface area contributed by atoms with Crippen LogP contribution in [0.5, 0.6) is 5.75 Å². The second kappa shape index (κ2) is 7.84. The minimum atomic E-state index is -0.0848. The maximum atomic E-state index is 12.5. The predicted octanol–water partition coefficient (Wildman–Crippen LogP) is 3.96. The van der Waals surface area contributed by atoms with Crippen LogP contribution in [0.3, 0.4) is 0 Å². The Morgan fingerprint density at radius 3 is 2.75 bits per heavy atom. The molecule has 0 N–H and O–H groups in total. The second-order valence-electron chi connectivity index (χ2n) is 7.04. The second-order valence-corrected chi connectivity index (χ2v) is 7.04. The highest BCUT2D eigenvalue weighted by atomic mass is 16.5. The Labute approximate surface area is 164 Å². The Bertz CT molecular complexity index is 965. The molecule has 1 atom stereocenters. The molecule has 2 heterocycles. The first-order valence-corrected chi connectivity index (χ1v) is 9.53. The fraction of sp³-hybridized carbons (Fsp3) is 0.318. The first-order chi connectivity index (χ1) is 13.6. The van der Waals surface area contributed by atoms with Crippen molar-refractivity contribution < 1.29 is 14.1 Å². The first-order valence-electron chi connectivity index (χ1n) is 9.53. The van der Waals surface area contributed by atoms with Crippen molar-refractivity contribution >= 4 is 5.91 Å². The van der Waals surface area contributed by atoms with Gasteiger partial charge in [-0.15, -0.1) is 0 Å². The summed E-state index contributed by atoms with van der Waals surface area (Å²) in [6.07, 6.45) is 0.381. The van der Waals surface area contributed by atoms with Gasteiger partial charge in [-0.2, -0.15) is 4.98 Å². The molecule has 1 unspecified atom stereocenters. The van der Waals surface area contributed by atoms with Crippen LogP contribution < -0.4 is 4.74 Å². The van der Waals surface area contributed by atoms with Crippen molar-refractivity contribution in [1.82, 2.24) is 15.0 Å². The van der Waals surface area contributed by atoms with Gasteiger partial charge in [0.15, 0.2) is 0 Å². The molecule has 0 radical (unpaired) electrons. The largest absolute Gasteiger partial charge is 0.494 e. The fourth-order valence-corrected chi connectivity index (χ4v) is 3.45. The molecular formula is C22H23N3O3. The molecule has 0 bridgehead atoms. The van der Waals surface area contributed by atoms with Gasteiger partial charge in [0, 0.05) is 30.6 Å². The van der Waals surface area contributed by atoms with Gasteiger partial charge < -0.3 is 14.2 Å². The number of carbonyl (C=O) groups excluding carboxylic acids is 1. The van der Waals surface area contributed by atoms with E-state index in [4.69, 9.17) is 9.26 Å². The van der Waals surface area contributed by atoms with E-state index in [1.165, 1.54) is 5.56 Å². The summed E-state index contributed by atoms with van der Waals surface area (Å²) in [5, 5.41) is 4.10. The van der Waals surface area contributed by atoms with Gasteiger partial charge in [-0.25, -0.2) is 0 Å². The lowest BCUT2D eigenvalue weighted by molar-refractivity contribution is -0.128. The summed E-state index contributed by atoms with van der Waals surface area (Å²) in [4.78, 5) is 18.9. The molecule has 4 rings (SSSR count). The fourth-order valence-electron chi connectivity index (χ4n) is 3.45. The SMILES string of the molecule is CCOc1ccccc1CN1CC(c2nc(-c3ccc(C)cc3)no2)CC1=O. The van der Waals surface area contributed by atoms with E-state index in [9.17, 15) is 4.79 Å². The molecule has 1 aromatic heterocycles. The van der Waals surface area contributed by atoms with Gasteiger partial charge in [-0.05, 0) is 19.9 Å². The minimum absolute atomic E-state index is 0.0848. The lowest BCUT2D eigenvalue weighted by Gasteiger charge is -2.18. The third-order valence-electron chi connectivity index (χ3n) is 4.95. The van der Waals surface area contributed by atoms with Crippen LogP contribution in [-0.2, 0) is 11.3 Å². The van der Waals surface area contributed by atoms with Gasteiger partial charge in [-0.1, -0.05) is 53.2 Å². The Kier molecular flexibility index (Phi) is 5.10. The molecule has 28 heavy (non-hydrogen) atoms. The molecule has 3 aromatic rings. The van der Waals surface area contributed by atoms with E-state index in [1.54, 1.807) is 0 Å². The van der Waals surface area contributed by atoms with Crippen LogP contribution in [0.1, 0.15) is 36.3 Å². The van der Waals surface area contributed by atoms with Crippen molar-refractivity contribution in [2.75, 3.05) is 13.2 Å². The highest BCUT2D eigenvalue weighted by molar-refractivity contribution is 5.79. The monoisotopic (exact) mass is 377 g/mol. The Balaban J connectivity index is 1.47. The van der Waals surface area contributed by atoms with E-state index >= 15 is 0 Å². The highest BCUT2D eigenvalue weighted by Crippen LogP contribution is 2.31. The summed E-state index contributed by atoms with van der Waals surface area (Å²) < 4.78 is 11.2. The zero-order valence-corrected chi connectivity index (χ0v) is 16.1. The van der Waals surface area contributed by atoms with Crippen LogP contribution in [0.15, 0.2) is 53.1 Å². The lowest BCUT2D eigenvalue weighted by Crippen LogP contribution is -2.24. The molecule has 6 heteroatoms. The summed E-state index contributed by atoms with van der Waals surface area (Å²) in [5.74, 6) is 1.90. The van der Waals surface area contributed by atoms with Crippen LogP contribution in [0.25, 0.3) is 11.4 Å². The van der Waals surface area contributed by atoms with Crippen molar-refractivity contribution in [2.45, 2.75) is 32.7 Å². The third kappa shape index (κ3) is 3.76. The number of ether oxygens (including phenoxy) is 1. The Morgan fingerprint density at radius 1 is 1.18 bits per heavy atom. The molecule has 1 aliphatic rings. The normalized spacial score (nSPS) is 16.6. The number of hydrogen-bond acceptors (Lipinski definition) is 5. The van der Waals surface area contributed by atoms with Gasteiger partial charge in [0.05, 0.1) is 12.5 Å². The molecule has 6 nitrogen and oxygen atoms in total. The van der Waals surface area contributed by atoms with E-state index in [-0.39, 0.29) is 11.8 Å². The molecular weight excluding hydrogens is 354 g/mol. The molecule has 2 aromatic carbocycles. The third-order valence-corrected chi connectivity index (χ3v) is 4.95. The topological polar surface area (TPSA) is 68.5 Å². The summed E-state index contributed by atoms with van der Waals surface area (Å²) in [5.41, 5.74) is 3.09.